The van der Waals surface area contributed by atoms with E-state index in [0.29, 0.717) is 48.1 Å². The zero-order valence-electron chi connectivity index (χ0n) is 30.1. The Bertz CT molecular complexity index is 2080. The number of fused-ring (bicyclic) bond motifs is 2. The Labute approximate surface area is 312 Å². The van der Waals surface area contributed by atoms with Crippen molar-refractivity contribution < 1.29 is 24.3 Å². The second kappa shape index (κ2) is 17.9. The summed E-state index contributed by atoms with van der Waals surface area (Å²) in [6.45, 7) is 1.96. The first-order chi connectivity index (χ1) is 26.2. The number of aromatic amines is 1. The third-order valence-corrected chi connectivity index (χ3v) is 9.13. The van der Waals surface area contributed by atoms with Crippen molar-refractivity contribution in [3.8, 4) is 0 Å². The van der Waals surface area contributed by atoms with E-state index in [1.165, 1.54) is 11.1 Å². The number of nitrogens with one attached hydrogen (secondary N) is 3. The number of nitrogens with zero attached hydrogens (tertiary/aromatic N) is 6. The van der Waals surface area contributed by atoms with Crippen LogP contribution in [-0.4, -0.2) is 79.7 Å². The summed E-state index contributed by atoms with van der Waals surface area (Å²) in [6.07, 6.45) is 4.36. The highest BCUT2D eigenvalue weighted by molar-refractivity contribution is 5.96. The molecule has 0 unspecified atom stereocenters. The van der Waals surface area contributed by atoms with Crippen LogP contribution in [0.1, 0.15) is 69.8 Å². The number of aliphatic carboxylic acids is 1. The van der Waals surface area contributed by atoms with Crippen molar-refractivity contribution in [3.63, 3.8) is 0 Å². The van der Waals surface area contributed by atoms with E-state index in [2.05, 4.69) is 30.8 Å². The lowest BCUT2D eigenvalue weighted by Crippen LogP contribution is -2.39. The van der Waals surface area contributed by atoms with E-state index in [4.69, 9.17) is 4.98 Å². The standard InChI is InChI=1S/C40H43N9O5/c1-48-25-30-21-28(15-17-31(30)44-34(40(48)54)22-37(50)51)39(53)49(26-36-45-32-13-7-8-14-33(32)46-36)20-10-3-2-9-19-41-38(52)29-16-18-35(42-24-29)47-43-23-27-11-5-4-6-12-27/h4-8,11-18,21,24,34,44H,2-3,9-10,19-20,22-23,25-26H2,1H3,(H,41,52)(H,45,46)(H,50,51)/t34-/m0/s1. The first-order valence-corrected chi connectivity index (χ1v) is 18.0. The summed E-state index contributed by atoms with van der Waals surface area (Å²) in [4.78, 5) is 66.4. The smallest absolute Gasteiger partial charge is 0.305 e. The van der Waals surface area contributed by atoms with Gasteiger partial charge in [0.2, 0.25) is 5.91 Å². The van der Waals surface area contributed by atoms with Crippen molar-refractivity contribution in [2.45, 2.75) is 57.8 Å². The van der Waals surface area contributed by atoms with Gasteiger partial charge >= 0.3 is 5.97 Å². The summed E-state index contributed by atoms with van der Waals surface area (Å²) in [7, 11) is 1.62. The number of carboxylic acid groups (broad SMARTS) is 1. The number of carbonyl (C=O) groups excluding carboxylic acids is 3. The highest BCUT2D eigenvalue weighted by Gasteiger charge is 2.30. The number of imidazole rings is 1. The van der Waals surface area contributed by atoms with Gasteiger partial charge in [-0.25, -0.2) is 9.97 Å². The summed E-state index contributed by atoms with van der Waals surface area (Å²) in [6, 6.07) is 25.2. The number of pyridine rings is 1. The Hall–Kier alpha value is -6.44. The predicted molar refractivity (Wildman–Crippen MR) is 203 cm³/mol. The second-order valence-electron chi connectivity index (χ2n) is 13.2. The minimum Gasteiger partial charge on any atom is -0.481 e. The maximum absolute atomic E-state index is 14.0. The van der Waals surface area contributed by atoms with Crippen LogP contribution in [0.2, 0.25) is 0 Å². The normalized spacial score (nSPS) is 14.1. The van der Waals surface area contributed by atoms with Crippen LogP contribution in [0, 0.1) is 0 Å². The number of unbranched alkanes of at least 4 members (excludes halogenated alkanes) is 3. The molecule has 1 aliphatic rings. The van der Waals surface area contributed by atoms with Gasteiger partial charge in [0, 0.05) is 44.1 Å². The van der Waals surface area contributed by atoms with E-state index in [9.17, 15) is 24.3 Å². The van der Waals surface area contributed by atoms with Gasteiger partial charge in [-0.2, -0.15) is 5.11 Å². The van der Waals surface area contributed by atoms with Gasteiger partial charge in [0.05, 0.1) is 36.1 Å². The van der Waals surface area contributed by atoms with Crippen LogP contribution in [0.15, 0.2) is 101 Å². The number of benzene rings is 3. The van der Waals surface area contributed by atoms with E-state index < -0.39 is 12.0 Å². The van der Waals surface area contributed by atoms with Gasteiger partial charge in [0.15, 0.2) is 5.82 Å². The highest BCUT2D eigenvalue weighted by atomic mass is 16.4. The summed E-state index contributed by atoms with van der Waals surface area (Å²) in [5, 5.41) is 23.6. The molecule has 278 valence electrons. The molecular formula is C40H43N9O5. The molecule has 2 aromatic heterocycles. The van der Waals surface area contributed by atoms with Crippen molar-refractivity contribution in [1.29, 1.82) is 0 Å². The molecule has 4 N–H and O–H groups in total. The Kier molecular flexibility index (Phi) is 12.3. The zero-order chi connectivity index (χ0) is 37.9. The number of hydrogen-bond acceptors (Lipinski definition) is 9. The van der Waals surface area contributed by atoms with Crippen molar-refractivity contribution in [2.75, 3.05) is 25.5 Å². The Morgan fingerprint density at radius 3 is 2.52 bits per heavy atom. The monoisotopic (exact) mass is 729 g/mol. The predicted octanol–water partition coefficient (Wildman–Crippen LogP) is 6.10. The lowest BCUT2D eigenvalue weighted by atomic mass is 10.1. The van der Waals surface area contributed by atoms with Crippen LogP contribution in [0.25, 0.3) is 11.0 Å². The fourth-order valence-electron chi connectivity index (χ4n) is 6.29. The number of carbonyl (C=O) groups is 4. The van der Waals surface area contributed by atoms with Gasteiger partial charge in [-0.15, -0.1) is 5.11 Å². The molecule has 1 atom stereocenters. The average molecular weight is 730 g/mol. The summed E-state index contributed by atoms with van der Waals surface area (Å²) < 4.78 is 0. The number of para-hydroxylation sites is 2. The molecule has 0 aliphatic carbocycles. The molecular weight excluding hydrogens is 686 g/mol. The van der Waals surface area contributed by atoms with Crippen LogP contribution in [0.5, 0.6) is 0 Å². The van der Waals surface area contributed by atoms with E-state index in [1.54, 1.807) is 42.3 Å². The maximum atomic E-state index is 14.0. The minimum absolute atomic E-state index is 0.178. The highest BCUT2D eigenvalue weighted by Crippen LogP contribution is 2.26. The molecule has 5 aromatic rings. The number of likely N-dealkylation sites (N-methyl/N-ethyl adjacent to an activating group) is 1. The Morgan fingerprint density at radius 1 is 0.963 bits per heavy atom. The molecule has 14 nitrogen and oxygen atoms in total. The Balaban J connectivity index is 1.01. The molecule has 0 saturated heterocycles. The molecule has 3 heterocycles. The third-order valence-electron chi connectivity index (χ3n) is 9.13. The molecule has 0 bridgehead atoms. The van der Waals surface area contributed by atoms with E-state index >= 15 is 0 Å². The third kappa shape index (κ3) is 9.91. The molecule has 3 aromatic carbocycles. The molecule has 54 heavy (non-hydrogen) atoms. The number of H-pyrrole nitrogens is 1. The minimum atomic E-state index is -1.08. The summed E-state index contributed by atoms with van der Waals surface area (Å²) in [5.74, 6) is -0.677. The average Bonchev–Trinajstić information content (AvgIpc) is 3.55. The zero-order valence-corrected chi connectivity index (χ0v) is 30.1. The maximum Gasteiger partial charge on any atom is 0.305 e. The van der Waals surface area contributed by atoms with E-state index in [0.717, 1.165) is 47.8 Å². The second-order valence-corrected chi connectivity index (χ2v) is 13.2. The van der Waals surface area contributed by atoms with Gasteiger partial charge in [-0.3, -0.25) is 19.2 Å². The molecule has 0 radical (unpaired) electrons. The van der Waals surface area contributed by atoms with Crippen LogP contribution >= 0.6 is 0 Å². The van der Waals surface area contributed by atoms with Gasteiger partial charge in [-0.1, -0.05) is 55.3 Å². The van der Waals surface area contributed by atoms with Gasteiger partial charge in [0.25, 0.3) is 11.8 Å². The fraction of sp³-hybridized carbons (Fsp3) is 0.300. The first kappa shape index (κ1) is 37.3. The number of carboxylic acids is 1. The number of hydrogen-bond donors (Lipinski definition) is 4. The molecule has 0 saturated carbocycles. The molecule has 0 fully saturated rings. The number of azo groups is 1. The molecule has 14 heteroatoms. The first-order valence-electron chi connectivity index (χ1n) is 18.0. The number of rotatable bonds is 16. The Morgan fingerprint density at radius 2 is 1.74 bits per heavy atom. The lowest BCUT2D eigenvalue weighted by Gasteiger charge is -2.23. The topological polar surface area (TPSA) is 185 Å². The largest absolute Gasteiger partial charge is 0.481 e. The van der Waals surface area contributed by atoms with Crippen molar-refractivity contribution in [2.24, 2.45) is 10.2 Å². The lowest BCUT2D eigenvalue weighted by molar-refractivity contribution is -0.141. The van der Waals surface area contributed by atoms with Gasteiger partial charge in [0.1, 0.15) is 11.9 Å². The summed E-state index contributed by atoms with van der Waals surface area (Å²) >= 11 is 0. The number of anilines is 1. The van der Waals surface area contributed by atoms with Crippen LogP contribution in [0.3, 0.4) is 0 Å². The molecule has 0 spiro atoms. The molecule has 1 aliphatic heterocycles. The van der Waals surface area contributed by atoms with Crippen LogP contribution < -0.4 is 10.6 Å². The van der Waals surface area contributed by atoms with Crippen molar-refractivity contribution in [3.05, 3.63) is 119 Å². The van der Waals surface area contributed by atoms with Gasteiger partial charge < -0.3 is 30.5 Å². The fourth-order valence-corrected chi connectivity index (χ4v) is 6.29. The number of amides is 3. The van der Waals surface area contributed by atoms with Crippen LogP contribution in [-0.2, 0) is 29.2 Å². The van der Waals surface area contributed by atoms with Crippen molar-refractivity contribution in [1.82, 2.24) is 30.1 Å². The molecule has 3 amide bonds. The van der Waals surface area contributed by atoms with Crippen LogP contribution in [0.4, 0.5) is 11.5 Å². The van der Waals surface area contributed by atoms with E-state index in [-0.39, 0.29) is 37.2 Å². The van der Waals surface area contributed by atoms with E-state index in [1.807, 2.05) is 54.6 Å². The van der Waals surface area contributed by atoms with Crippen molar-refractivity contribution >= 4 is 46.2 Å². The summed E-state index contributed by atoms with van der Waals surface area (Å²) in [5.41, 5.74) is 5.02. The number of aromatic nitrogens is 3. The molecule has 6 rings (SSSR count). The SMILES string of the molecule is CN1Cc2cc(C(=O)N(CCCCCCNC(=O)c3ccc(N=NCc4ccccc4)nc3)Cc3nc4ccccc4[nH]3)ccc2N[C@@H](CC(=O)O)C1=O. The van der Waals surface area contributed by atoms with Gasteiger partial charge in [-0.05, 0) is 66.4 Å². The quantitative estimate of drug-likeness (QED) is 0.0693.